The van der Waals surface area contributed by atoms with Crippen LogP contribution in [0.2, 0.25) is 5.02 Å². The fourth-order valence-corrected chi connectivity index (χ4v) is 2.34. The molecule has 0 saturated carbocycles. The highest BCUT2D eigenvalue weighted by Crippen LogP contribution is 2.31. The van der Waals surface area contributed by atoms with Gasteiger partial charge in [-0.15, -0.1) is 0 Å². The molecule has 0 bridgehead atoms. The maximum atomic E-state index is 11.0. The van der Waals surface area contributed by atoms with Crippen LogP contribution >= 0.6 is 11.6 Å². The van der Waals surface area contributed by atoms with Crippen LogP contribution in [0.3, 0.4) is 0 Å². The zero-order valence-electron chi connectivity index (χ0n) is 11.7. The van der Waals surface area contributed by atoms with Crippen molar-refractivity contribution in [1.29, 1.82) is 0 Å². The number of aliphatic carboxylic acids is 1. The molecule has 0 saturated heterocycles. The summed E-state index contributed by atoms with van der Waals surface area (Å²) in [6.45, 7) is 2.40. The Hall–Kier alpha value is -1.78. The van der Waals surface area contributed by atoms with Gasteiger partial charge in [-0.2, -0.15) is 0 Å². The van der Waals surface area contributed by atoms with Crippen LogP contribution in [0, 0.1) is 0 Å². The van der Waals surface area contributed by atoms with Gasteiger partial charge in [-0.1, -0.05) is 35.9 Å². The Kier molecular flexibility index (Phi) is 5.42. The van der Waals surface area contributed by atoms with Crippen molar-refractivity contribution in [2.45, 2.75) is 19.4 Å². The van der Waals surface area contributed by atoms with Gasteiger partial charge in [-0.05, 0) is 19.1 Å². The fraction of sp³-hybridized carbons (Fsp3) is 0.312. The molecule has 0 aliphatic rings. The normalized spacial score (nSPS) is 12.3. The van der Waals surface area contributed by atoms with E-state index in [1.165, 1.54) is 0 Å². The summed E-state index contributed by atoms with van der Waals surface area (Å²) in [6.07, 6.45) is -0.547. The maximum Gasteiger partial charge on any atom is 0.332 e. The van der Waals surface area contributed by atoms with Crippen molar-refractivity contribution in [3.63, 3.8) is 0 Å². The molecule has 2 rings (SSSR count). The largest absolute Gasteiger partial charge is 0.493 e. The van der Waals surface area contributed by atoms with Gasteiger partial charge in [0.15, 0.2) is 6.10 Å². The quantitative estimate of drug-likeness (QED) is 0.846. The zero-order valence-corrected chi connectivity index (χ0v) is 12.5. The van der Waals surface area contributed by atoms with E-state index in [9.17, 15) is 4.79 Å². The van der Waals surface area contributed by atoms with Gasteiger partial charge in [0.25, 0.3) is 0 Å². The SMILES string of the molecule is CCOC(CCOc1ccc(Cl)c2ccccc12)C(=O)O. The number of carbonyl (C=O) groups is 1. The lowest BCUT2D eigenvalue weighted by atomic mass is 10.1. The highest BCUT2D eigenvalue weighted by atomic mass is 35.5. The van der Waals surface area contributed by atoms with E-state index in [0.29, 0.717) is 23.8 Å². The molecule has 0 radical (unpaired) electrons. The summed E-state index contributed by atoms with van der Waals surface area (Å²) < 4.78 is 10.8. The van der Waals surface area contributed by atoms with Crippen molar-refractivity contribution in [2.75, 3.05) is 13.2 Å². The van der Waals surface area contributed by atoms with E-state index < -0.39 is 12.1 Å². The third kappa shape index (κ3) is 3.86. The monoisotopic (exact) mass is 308 g/mol. The van der Waals surface area contributed by atoms with Crippen molar-refractivity contribution >= 4 is 28.3 Å². The van der Waals surface area contributed by atoms with Crippen LogP contribution in [-0.4, -0.2) is 30.4 Å². The lowest BCUT2D eigenvalue weighted by molar-refractivity contribution is -0.150. The first kappa shape index (κ1) is 15.6. The van der Waals surface area contributed by atoms with E-state index in [0.717, 1.165) is 10.8 Å². The molecule has 0 amide bonds. The summed E-state index contributed by atoms with van der Waals surface area (Å²) in [5, 5.41) is 11.5. The van der Waals surface area contributed by atoms with Crippen molar-refractivity contribution in [3.05, 3.63) is 41.4 Å². The number of fused-ring (bicyclic) bond motifs is 1. The molecule has 0 heterocycles. The van der Waals surface area contributed by atoms with Gasteiger partial charge in [0, 0.05) is 28.8 Å². The van der Waals surface area contributed by atoms with Gasteiger partial charge >= 0.3 is 5.97 Å². The molecule has 0 spiro atoms. The van der Waals surface area contributed by atoms with Crippen molar-refractivity contribution in [2.24, 2.45) is 0 Å². The lowest BCUT2D eigenvalue weighted by Gasteiger charge is -2.14. The molecule has 1 N–H and O–H groups in total. The number of ether oxygens (including phenoxy) is 2. The molecular formula is C16H17ClO4. The Morgan fingerprint density at radius 3 is 2.62 bits per heavy atom. The van der Waals surface area contributed by atoms with E-state index in [1.807, 2.05) is 24.3 Å². The van der Waals surface area contributed by atoms with Crippen LogP contribution in [0.1, 0.15) is 13.3 Å². The second-order valence-corrected chi connectivity index (χ2v) is 4.92. The predicted octanol–water partition coefficient (Wildman–Crippen LogP) is 3.75. The molecule has 112 valence electrons. The number of benzene rings is 2. The van der Waals surface area contributed by atoms with Crippen molar-refractivity contribution < 1.29 is 19.4 Å². The van der Waals surface area contributed by atoms with Crippen LogP contribution in [0.15, 0.2) is 36.4 Å². The first-order valence-electron chi connectivity index (χ1n) is 6.78. The number of carboxylic acids is 1. The molecule has 0 aromatic heterocycles. The summed E-state index contributed by atoms with van der Waals surface area (Å²) in [5.74, 6) is -0.281. The minimum Gasteiger partial charge on any atom is -0.493 e. The Labute approximate surface area is 128 Å². The average molecular weight is 309 g/mol. The standard InChI is InChI=1S/C16H17ClO4/c1-2-20-15(16(18)19)9-10-21-14-8-7-13(17)11-5-3-4-6-12(11)14/h3-8,15H,2,9-10H2,1H3,(H,18,19). The summed E-state index contributed by atoms with van der Waals surface area (Å²) in [7, 11) is 0. The second kappa shape index (κ2) is 7.29. The number of hydrogen-bond donors (Lipinski definition) is 1. The molecule has 1 unspecified atom stereocenters. The van der Waals surface area contributed by atoms with Gasteiger partial charge in [-0.3, -0.25) is 0 Å². The van der Waals surface area contributed by atoms with Crippen molar-refractivity contribution in [1.82, 2.24) is 0 Å². The molecule has 0 fully saturated rings. The molecule has 21 heavy (non-hydrogen) atoms. The van der Waals surface area contributed by atoms with Crippen molar-refractivity contribution in [3.8, 4) is 5.75 Å². The first-order valence-corrected chi connectivity index (χ1v) is 7.15. The summed E-state index contributed by atoms with van der Waals surface area (Å²) in [6, 6.07) is 11.2. The van der Waals surface area contributed by atoms with E-state index in [4.69, 9.17) is 26.2 Å². The minimum atomic E-state index is -0.971. The Balaban J connectivity index is 2.07. The van der Waals surface area contributed by atoms with Gasteiger partial charge < -0.3 is 14.6 Å². The molecule has 0 aliphatic carbocycles. The number of carboxylic acid groups (broad SMARTS) is 1. The third-order valence-corrected chi connectivity index (χ3v) is 3.44. The van der Waals surface area contributed by atoms with E-state index in [2.05, 4.69) is 0 Å². The average Bonchev–Trinajstić information content (AvgIpc) is 2.48. The molecular weight excluding hydrogens is 292 g/mol. The van der Waals surface area contributed by atoms with Gasteiger partial charge in [0.05, 0.1) is 6.61 Å². The number of rotatable bonds is 7. The minimum absolute atomic E-state index is 0.266. The van der Waals surface area contributed by atoms with E-state index in [1.54, 1.807) is 19.1 Å². The third-order valence-electron chi connectivity index (χ3n) is 3.11. The van der Waals surface area contributed by atoms with Crippen LogP contribution in [0.5, 0.6) is 5.75 Å². The maximum absolute atomic E-state index is 11.0. The smallest absolute Gasteiger partial charge is 0.332 e. The van der Waals surface area contributed by atoms with Crippen LogP contribution in [0.4, 0.5) is 0 Å². The number of hydrogen-bond acceptors (Lipinski definition) is 3. The summed E-state index contributed by atoms with van der Waals surface area (Å²) >= 11 is 6.14. The molecule has 2 aromatic rings. The summed E-state index contributed by atoms with van der Waals surface area (Å²) in [4.78, 5) is 11.0. The first-order chi connectivity index (χ1) is 10.1. The second-order valence-electron chi connectivity index (χ2n) is 4.51. The highest BCUT2D eigenvalue weighted by molar-refractivity contribution is 6.35. The Morgan fingerprint density at radius 2 is 1.95 bits per heavy atom. The molecule has 5 heteroatoms. The Morgan fingerprint density at radius 1 is 1.24 bits per heavy atom. The molecule has 1 atom stereocenters. The predicted molar refractivity (Wildman–Crippen MR) is 82.1 cm³/mol. The number of halogens is 1. The summed E-state index contributed by atoms with van der Waals surface area (Å²) in [5.41, 5.74) is 0. The lowest BCUT2D eigenvalue weighted by Crippen LogP contribution is -2.26. The topological polar surface area (TPSA) is 55.8 Å². The van der Waals surface area contributed by atoms with E-state index >= 15 is 0 Å². The van der Waals surface area contributed by atoms with Gasteiger partial charge in [0.2, 0.25) is 0 Å². The van der Waals surface area contributed by atoms with Crippen LogP contribution in [-0.2, 0) is 9.53 Å². The molecule has 0 aliphatic heterocycles. The Bertz CT molecular complexity index is 627. The highest BCUT2D eigenvalue weighted by Gasteiger charge is 2.17. The van der Waals surface area contributed by atoms with Crippen LogP contribution in [0.25, 0.3) is 10.8 Å². The molecule has 4 nitrogen and oxygen atoms in total. The van der Waals surface area contributed by atoms with Gasteiger partial charge in [0.1, 0.15) is 5.75 Å². The van der Waals surface area contributed by atoms with Crippen LogP contribution < -0.4 is 4.74 Å². The van der Waals surface area contributed by atoms with E-state index in [-0.39, 0.29) is 6.61 Å². The molecule has 2 aromatic carbocycles. The zero-order chi connectivity index (χ0) is 15.2. The fourth-order valence-electron chi connectivity index (χ4n) is 2.12. The van der Waals surface area contributed by atoms with Gasteiger partial charge in [-0.25, -0.2) is 4.79 Å².